The Kier molecular flexibility index (Phi) is 4.73. The minimum atomic E-state index is -0.103. The largest absolute Gasteiger partial charge is 0.463 e. The molecule has 2 aromatic heterocycles. The number of aromatic nitrogens is 2. The molecule has 28 heavy (non-hydrogen) atoms. The van der Waals surface area contributed by atoms with E-state index in [9.17, 15) is 9.59 Å². The molecule has 7 nitrogen and oxygen atoms in total. The summed E-state index contributed by atoms with van der Waals surface area (Å²) < 4.78 is 7.13. The smallest absolute Gasteiger partial charge is 0.272 e. The molecule has 1 fully saturated rings. The van der Waals surface area contributed by atoms with E-state index < -0.39 is 0 Å². The molecule has 0 bridgehead atoms. The van der Waals surface area contributed by atoms with Crippen LogP contribution in [0.1, 0.15) is 23.0 Å². The number of nitrogens with zero attached hydrogens (tertiary/aromatic N) is 4. The van der Waals surface area contributed by atoms with Crippen molar-refractivity contribution in [1.29, 1.82) is 0 Å². The number of amides is 2. The SMILES string of the molecule is CC(=O)N1CCN(C(=O)c2cc(-c3ccco3)nn2-c2ccc(C)cc2)CC1. The van der Waals surface area contributed by atoms with Crippen LogP contribution < -0.4 is 0 Å². The average Bonchev–Trinajstić information content (AvgIpc) is 3.38. The molecule has 144 valence electrons. The van der Waals surface area contributed by atoms with Gasteiger partial charge in [0.25, 0.3) is 5.91 Å². The van der Waals surface area contributed by atoms with Crippen molar-refractivity contribution in [2.45, 2.75) is 13.8 Å². The number of hydrogen-bond acceptors (Lipinski definition) is 4. The topological polar surface area (TPSA) is 71.6 Å². The van der Waals surface area contributed by atoms with Gasteiger partial charge < -0.3 is 14.2 Å². The van der Waals surface area contributed by atoms with Crippen LogP contribution in [0.15, 0.2) is 53.1 Å². The van der Waals surface area contributed by atoms with Gasteiger partial charge in [-0.25, -0.2) is 4.68 Å². The predicted octanol–water partition coefficient (Wildman–Crippen LogP) is 2.75. The Morgan fingerprint density at radius 1 is 1.00 bits per heavy atom. The van der Waals surface area contributed by atoms with Gasteiger partial charge in [0.2, 0.25) is 5.91 Å². The fourth-order valence-electron chi connectivity index (χ4n) is 3.35. The predicted molar refractivity (Wildman–Crippen MR) is 104 cm³/mol. The first-order chi connectivity index (χ1) is 13.5. The Bertz CT molecular complexity index is 981. The molecule has 4 rings (SSSR count). The lowest BCUT2D eigenvalue weighted by atomic mass is 10.2. The number of aryl methyl sites for hydroxylation is 1. The van der Waals surface area contributed by atoms with Gasteiger partial charge in [-0.3, -0.25) is 9.59 Å². The second-order valence-electron chi connectivity index (χ2n) is 6.94. The number of carbonyl (C=O) groups is 2. The molecule has 2 amide bonds. The van der Waals surface area contributed by atoms with Crippen molar-refractivity contribution in [2.24, 2.45) is 0 Å². The van der Waals surface area contributed by atoms with Crippen molar-refractivity contribution < 1.29 is 14.0 Å². The van der Waals surface area contributed by atoms with Gasteiger partial charge in [0.15, 0.2) is 5.76 Å². The highest BCUT2D eigenvalue weighted by Crippen LogP contribution is 2.23. The summed E-state index contributed by atoms with van der Waals surface area (Å²) in [5, 5.41) is 4.62. The molecule has 0 radical (unpaired) electrons. The minimum absolute atomic E-state index is 0.0388. The average molecular weight is 378 g/mol. The zero-order valence-corrected chi connectivity index (χ0v) is 16.0. The van der Waals surface area contributed by atoms with Gasteiger partial charge >= 0.3 is 0 Å². The van der Waals surface area contributed by atoms with E-state index in [1.807, 2.05) is 37.3 Å². The normalized spacial score (nSPS) is 14.4. The van der Waals surface area contributed by atoms with Crippen LogP contribution >= 0.6 is 0 Å². The van der Waals surface area contributed by atoms with E-state index in [0.29, 0.717) is 43.3 Å². The number of rotatable bonds is 3. The molecule has 0 atom stereocenters. The number of furan rings is 1. The molecule has 0 unspecified atom stereocenters. The third-order valence-electron chi connectivity index (χ3n) is 4.99. The number of piperazine rings is 1. The van der Waals surface area contributed by atoms with Crippen molar-refractivity contribution in [3.63, 3.8) is 0 Å². The molecule has 1 aliphatic rings. The van der Waals surface area contributed by atoms with Crippen LogP contribution in [0.4, 0.5) is 0 Å². The lowest BCUT2D eigenvalue weighted by Crippen LogP contribution is -2.50. The molecule has 0 N–H and O–H groups in total. The first-order valence-electron chi connectivity index (χ1n) is 9.29. The Morgan fingerprint density at radius 3 is 2.29 bits per heavy atom. The fourth-order valence-corrected chi connectivity index (χ4v) is 3.35. The number of hydrogen-bond donors (Lipinski definition) is 0. The molecule has 1 aromatic carbocycles. The third-order valence-corrected chi connectivity index (χ3v) is 4.99. The van der Waals surface area contributed by atoms with Gasteiger partial charge in [-0.2, -0.15) is 5.10 Å². The van der Waals surface area contributed by atoms with Gasteiger partial charge in [0.1, 0.15) is 11.4 Å². The maximum Gasteiger partial charge on any atom is 0.272 e. The summed E-state index contributed by atoms with van der Waals surface area (Å²) in [4.78, 5) is 28.3. The van der Waals surface area contributed by atoms with E-state index in [1.165, 1.54) is 0 Å². The molecule has 0 saturated carbocycles. The first-order valence-corrected chi connectivity index (χ1v) is 9.29. The highest BCUT2D eigenvalue weighted by Gasteiger charge is 2.27. The fraction of sp³-hybridized carbons (Fsp3) is 0.286. The lowest BCUT2D eigenvalue weighted by molar-refractivity contribution is -0.130. The zero-order chi connectivity index (χ0) is 19.7. The van der Waals surface area contributed by atoms with E-state index in [1.54, 1.807) is 39.8 Å². The quantitative estimate of drug-likeness (QED) is 0.703. The first kappa shape index (κ1) is 18.0. The van der Waals surface area contributed by atoms with Gasteiger partial charge in [0, 0.05) is 39.2 Å². The molecule has 1 saturated heterocycles. The summed E-state index contributed by atoms with van der Waals surface area (Å²) >= 11 is 0. The summed E-state index contributed by atoms with van der Waals surface area (Å²) in [5.41, 5.74) is 3.03. The standard InChI is InChI=1S/C21H22N4O3/c1-15-5-7-17(8-6-15)25-19(14-18(22-25)20-4-3-13-28-20)21(27)24-11-9-23(10-12-24)16(2)26/h3-8,13-14H,9-12H2,1-2H3. The van der Waals surface area contributed by atoms with Gasteiger partial charge in [-0.1, -0.05) is 17.7 Å². The second-order valence-corrected chi connectivity index (χ2v) is 6.94. The van der Waals surface area contributed by atoms with Crippen LogP contribution in [0.3, 0.4) is 0 Å². The van der Waals surface area contributed by atoms with E-state index in [0.717, 1.165) is 11.3 Å². The van der Waals surface area contributed by atoms with E-state index in [-0.39, 0.29) is 11.8 Å². The molecular weight excluding hydrogens is 356 g/mol. The van der Waals surface area contributed by atoms with Crippen molar-refractivity contribution in [3.8, 4) is 17.1 Å². The van der Waals surface area contributed by atoms with Crippen LogP contribution in [0, 0.1) is 6.92 Å². The summed E-state index contributed by atoms with van der Waals surface area (Å²) in [6.07, 6.45) is 1.59. The summed E-state index contributed by atoms with van der Waals surface area (Å²) in [5.74, 6) is 0.548. The second kappa shape index (κ2) is 7.34. The zero-order valence-electron chi connectivity index (χ0n) is 16.0. The Morgan fingerprint density at radius 2 is 1.68 bits per heavy atom. The van der Waals surface area contributed by atoms with Crippen molar-refractivity contribution in [3.05, 3.63) is 60.0 Å². The van der Waals surface area contributed by atoms with E-state index in [2.05, 4.69) is 5.10 Å². The lowest BCUT2D eigenvalue weighted by Gasteiger charge is -2.34. The summed E-state index contributed by atoms with van der Waals surface area (Å²) in [6, 6.07) is 13.2. The molecule has 3 aromatic rings. The van der Waals surface area contributed by atoms with Crippen LogP contribution in [-0.4, -0.2) is 57.6 Å². The third kappa shape index (κ3) is 3.43. The number of benzene rings is 1. The Hall–Kier alpha value is -3.35. The molecule has 1 aliphatic heterocycles. The van der Waals surface area contributed by atoms with Gasteiger partial charge in [-0.15, -0.1) is 0 Å². The highest BCUT2D eigenvalue weighted by molar-refractivity contribution is 5.94. The van der Waals surface area contributed by atoms with Crippen LogP contribution in [0.5, 0.6) is 0 Å². The summed E-state index contributed by atoms with van der Waals surface area (Å²) in [7, 11) is 0. The summed E-state index contributed by atoms with van der Waals surface area (Å²) in [6.45, 7) is 5.68. The molecule has 3 heterocycles. The number of carbonyl (C=O) groups excluding carboxylic acids is 2. The van der Waals surface area contributed by atoms with Crippen LogP contribution in [0.2, 0.25) is 0 Å². The van der Waals surface area contributed by atoms with Crippen molar-refractivity contribution >= 4 is 11.8 Å². The Labute approximate surface area is 163 Å². The molecular formula is C21H22N4O3. The monoisotopic (exact) mass is 378 g/mol. The highest BCUT2D eigenvalue weighted by atomic mass is 16.3. The van der Waals surface area contributed by atoms with E-state index in [4.69, 9.17) is 4.42 Å². The Balaban J connectivity index is 1.68. The van der Waals surface area contributed by atoms with Gasteiger partial charge in [0.05, 0.1) is 12.0 Å². The van der Waals surface area contributed by atoms with Crippen molar-refractivity contribution in [2.75, 3.05) is 26.2 Å². The molecule has 0 aliphatic carbocycles. The van der Waals surface area contributed by atoms with Gasteiger partial charge in [-0.05, 0) is 31.2 Å². The van der Waals surface area contributed by atoms with E-state index >= 15 is 0 Å². The van der Waals surface area contributed by atoms with Crippen LogP contribution in [-0.2, 0) is 4.79 Å². The maximum absolute atomic E-state index is 13.3. The van der Waals surface area contributed by atoms with Crippen LogP contribution in [0.25, 0.3) is 17.1 Å². The minimum Gasteiger partial charge on any atom is -0.463 e. The molecule has 0 spiro atoms. The molecule has 7 heteroatoms. The maximum atomic E-state index is 13.3. The van der Waals surface area contributed by atoms with Crippen molar-refractivity contribution in [1.82, 2.24) is 19.6 Å².